The van der Waals surface area contributed by atoms with Crippen molar-refractivity contribution in [3.63, 3.8) is 0 Å². The van der Waals surface area contributed by atoms with Crippen molar-refractivity contribution in [1.82, 2.24) is 9.80 Å². The second-order valence-electron chi connectivity index (χ2n) is 15.1. The maximum Gasteiger partial charge on any atom is 0.308 e. The lowest BCUT2D eigenvalue weighted by molar-refractivity contribution is -0.142. The van der Waals surface area contributed by atoms with Gasteiger partial charge >= 0.3 is 5.97 Å². The number of esters is 1. The van der Waals surface area contributed by atoms with E-state index in [2.05, 4.69) is 53.6 Å². The number of piperidine rings is 1. The highest BCUT2D eigenvalue weighted by Crippen LogP contribution is 2.65. The van der Waals surface area contributed by atoms with Crippen LogP contribution in [0.1, 0.15) is 120 Å². The highest BCUT2D eigenvalue weighted by molar-refractivity contribution is 5.77. The molecule has 2 heterocycles. The molecule has 0 unspecified atom stereocenters. The lowest BCUT2D eigenvalue weighted by Crippen LogP contribution is -2.69. The van der Waals surface area contributed by atoms with Crippen LogP contribution in [0.5, 0.6) is 17.2 Å². The van der Waals surface area contributed by atoms with Crippen LogP contribution in [0.15, 0.2) is 49.1 Å². The monoisotopic (exact) mass is 670 g/mol. The number of aryl methyl sites for hydroxylation is 1. The second kappa shape index (κ2) is 16.1. The average Bonchev–Trinajstić information content (AvgIpc) is 3.44. The first-order chi connectivity index (χ1) is 23.9. The molecule has 2 aromatic rings. The summed E-state index contributed by atoms with van der Waals surface area (Å²) in [6.45, 7) is 10.1. The Hall–Kier alpha value is -3.32. The number of rotatable bonds is 18. The maximum atomic E-state index is 14.1. The fourth-order valence-corrected chi connectivity index (χ4v) is 9.85. The SMILES string of the molecule is C=CCN1CC[C@]23c4c5c(O)cc(OC(C)=O)c4O[C@H]2[C@@H](N(CCCC)C(=O)CCCCCCCCCCc2ccccc2)CC[C@H]3[C@H]1C5. The van der Waals surface area contributed by atoms with Crippen LogP contribution < -0.4 is 9.47 Å². The van der Waals surface area contributed by atoms with Gasteiger partial charge in [0, 0.05) is 55.1 Å². The highest BCUT2D eigenvalue weighted by atomic mass is 16.6. The molecule has 2 bridgehead atoms. The Morgan fingerprint density at radius 1 is 1.06 bits per heavy atom. The Balaban J connectivity index is 1.11. The second-order valence-corrected chi connectivity index (χ2v) is 15.1. The number of ether oxygens (including phenoxy) is 2. The van der Waals surface area contributed by atoms with E-state index in [9.17, 15) is 14.7 Å². The van der Waals surface area contributed by atoms with Crippen LogP contribution in [-0.4, -0.2) is 64.6 Å². The van der Waals surface area contributed by atoms with Gasteiger partial charge in [0.2, 0.25) is 5.91 Å². The number of benzene rings is 2. The largest absolute Gasteiger partial charge is 0.508 e. The predicted molar refractivity (Wildman–Crippen MR) is 194 cm³/mol. The van der Waals surface area contributed by atoms with Crippen LogP contribution in [0, 0.1) is 5.92 Å². The molecule has 6 rings (SSSR count). The molecule has 0 radical (unpaired) electrons. The van der Waals surface area contributed by atoms with E-state index >= 15 is 0 Å². The van der Waals surface area contributed by atoms with Crippen LogP contribution in [0.2, 0.25) is 0 Å². The number of aromatic hydroxyl groups is 1. The van der Waals surface area contributed by atoms with Gasteiger partial charge in [0.15, 0.2) is 11.5 Å². The third-order valence-corrected chi connectivity index (χ3v) is 12.0. The lowest BCUT2D eigenvalue weighted by Gasteiger charge is -2.60. The normalized spacial score (nSPS) is 24.9. The van der Waals surface area contributed by atoms with Crippen molar-refractivity contribution < 1.29 is 24.2 Å². The Morgan fingerprint density at radius 3 is 2.51 bits per heavy atom. The van der Waals surface area contributed by atoms with Crippen molar-refractivity contribution in [3.05, 3.63) is 65.7 Å². The molecule has 1 saturated carbocycles. The quantitative estimate of drug-likeness (QED) is 0.0744. The summed E-state index contributed by atoms with van der Waals surface area (Å²) in [4.78, 5) is 31.0. The summed E-state index contributed by atoms with van der Waals surface area (Å²) >= 11 is 0. The van der Waals surface area contributed by atoms with Crippen LogP contribution in [0.4, 0.5) is 0 Å². The molecule has 266 valence electrons. The molecule has 2 aromatic carbocycles. The van der Waals surface area contributed by atoms with Gasteiger partial charge in [0.1, 0.15) is 11.9 Å². The van der Waals surface area contributed by atoms with Crippen molar-refractivity contribution in [2.45, 2.75) is 140 Å². The van der Waals surface area contributed by atoms with Gasteiger partial charge in [-0.2, -0.15) is 0 Å². The zero-order chi connectivity index (χ0) is 34.4. The van der Waals surface area contributed by atoms with Gasteiger partial charge in [-0.1, -0.05) is 88.3 Å². The van der Waals surface area contributed by atoms with Gasteiger partial charge in [-0.15, -0.1) is 6.58 Å². The number of hydrogen-bond donors (Lipinski definition) is 1. The smallest absolute Gasteiger partial charge is 0.308 e. The first-order valence-electron chi connectivity index (χ1n) is 19.3. The molecule has 5 atom stereocenters. The summed E-state index contributed by atoms with van der Waals surface area (Å²) in [5.74, 6) is 1.24. The molecule has 1 saturated heterocycles. The molecule has 1 N–H and O–H groups in total. The van der Waals surface area contributed by atoms with Crippen molar-refractivity contribution in [1.29, 1.82) is 0 Å². The summed E-state index contributed by atoms with van der Waals surface area (Å²) in [6, 6.07) is 12.5. The van der Waals surface area contributed by atoms with Crippen LogP contribution in [0.25, 0.3) is 0 Å². The minimum atomic E-state index is -0.433. The number of amides is 1. The third kappa shape index (κ3) is 7.29. The van der Waals surface area contributed by atoms with Crippen LogP contribution in [-0.2, 0) is 27.8 Å². The molecule has 1 spiro atoms. The van der Waals surface area contributed by atoms with Crippen molar-refractivity contribution in [2.24, 2.45) is 5.92 Å². The molecule has 7 heteroatoms. The minimum absolute atomic E-state index is 0.0524. The van der Waals surface area contributed by atoms with Crippen molar-refractivity contribution in [3.8, 4) is 17.2 Å². The average molecular weight is 671 g/mol. The molecular formula is C42H58N2O5. The number of unbranched alkanes of at least 4 members (excludes halogenated alkanes) is 8. The van der Waals surface area contributed by atoms with E-state index < -0.39 is 5.97 Å². The number of carbonyl (C=O) groups excluding carboxylic acids is 2. The molecule has 49 heavy (non-hydrogen) atoms. The van der Waals surface area contributed by atoms with E-state index in [0.717, 1.165) is 82.1 Å². The molecule has 1 amide bonds. The lowest BCUT2D eigenvalue weighted by atomic mass is 9.50. The number of likely N-dealkylation sites (tertiary alicyclic amines) is 1. The number of hydrogen-bond acceptors (Lipinski definition) is 6. The number of phenols is 1. The van der Waals surface area contributed by atoms with Crippen LogP contribution >= 0.6 is 0 Å². The van der Waals surface area contributed by atoms with Gasteiger partial charge in [-0.3, -0.25) is 14.5 Å². The van der Waals surface area contributed by atoms with Gasteiger partial charge in [0.25, 0.3) is 0 Å². The molecule has 2 fully saturated rings. The van der Waals surface area contributed by atoms with E-state index in [-0.39, 0.29) is 35.3 Å². The summed E-state index contributed by atoms with van der Waals surface area (Å²) in [5, 5.41) is 11.3. The van der Waals surface area contributed by atoms with E-state index in [1.165, 1.54) is 57.4 Å². The van der Waals surface area contributed by atoms with E-state index in [1.54, 1.807) is 6.07 Å². The van der Waals surface area contributed by atoms with E-state index in [1.807, 2.05) is 6.08 Å². The zero-order valence-electron chi connectivity index (χ0n) is 30.0. The van der Waals surface area contributed by atoms with Crippen LogP contribution in [0.3, 0.4) is 0 Å². The van der Waals surface area contributed by atoms with Gasteiger partial charge in [0.05, 0.1) is 6.04 Å². The highest BCUT2D eigenvalue weighted by Gasteiger charge is 2.67. The number of carbonyl (C=O) groups is 2. The Bertz CT molecular complexity index is 1460. The van der Waals surface area contributed by atoms with E-state index in [0.29, 0.717) is 23.8 Å². The Labute approximate surface area is 294 Å². The molecule has 2 aliphatic heterocycles. The summed E-state index contributed by atoms with van der Waals surface area (Å²) in [7, 11) is 0. The molecule has 7 nitrogen and oxygen atoms in total. The standard InChI is InChI=1S/C42H58N2O5/c1-4-6-26-44(38(47)21-17-12-10-8-7-9-11-14-18-31-19-15-13-16-20-31)34-23-22-33-35-28-32-36(46)29-37(48-30(3)45)40-39(32)42(33,41(34)49-40)24-27-43(35)25-5-2/h5,13,15-16,19-20,29,33-35,41,46H,2,4,6-12,14,17-18,21-28H2,1,3H3/t33-,34-,35+,41-,42-/m0/s1. The van der Waals surface area contributed by atoms with Gasteiger partial charge < -0.3 is 19.5 Å². The fraction of sp³-hybridized carbons (Fsp3) is 0.619. The van der Waals surface area contributed by atoms with Gasteiger partial charge in [-0.05, 0) is 69.4 Å². The first-order valence-corrected chi connectivity index (χ1v) is 19.3. The molecule has 2 aliphatic carbocycles. The summed E-state index contributed by atoms with van der Waals surface area (Å²) in [6.07, 6.45) is 18.5. The molecule has 0 aromatic heterocycles. The number of phenolic OH excluding ortho intramolecular Hbond substituents is 1. The molecule has 4 aliphatic rings. The Morgan fingerprint density at radius 2 is 1.80 bits per heavy atom. The zero-order valence-corrected chi connectivity index (χ0v) is 30.0. The first kappa shape index (κ1) is 35.5. The predicted octanol–water partition coefficient (Wildman–Crippen LogP) is 8.29. The maximum absolute atomic E-state index is 14.1. The third-order valence-electron chi connectivity index (χ3n) is 12.0. The molecular weight excluding hydrogens is 612 g/mol. The van der Waals surface area contributed by atoms with Crippen molar-refractivity contribution >= 4 is 11.9 Å². The fourth-order valence-electron chi connectivity index (χ4n) is 9.85. The van der Waals surface area contributed by atoms with Crippen molar-refractivity contribution in [2.75, 3.05) is 19.6 Å². The van der Waals surface area contributed by atoms with Gasteiger partial charge in [-0.25, -0.2) is 0 Å². The number of nitrogens with zero attached hydrogens (tertiary/aromatic N) is 2. The Kier molecular flexibility index (Phi) is 11.7. The topological polar surface area (TPSA) is 79.3 Å². The summed E-state index contributed by atoms with van der Waals surface area (Å²) < 4.78 is 12.6. The van der Waals surface area contributed by atoms with E-state index in [4.69, 9.17) is 9.47 Å². The minimum Gasteiger partial charge on any atom is -0.508 e. The summed E-state index contributed by atoms with van der Waals surface area (Å²) in [5.41, 5.74) is 3.07.